The fourth-order valence-electron chi connectivity index (χ4n) is 12.0. The van der Waals surface area contributed by atoms with Gasteiger partial charge in [0.05, 0.1) is 11.0 Å². The average molecular weight is 925 g/mol. The lowest BCUT2D eigenvalue weighted by atomic mass is 9.45. The van der Waals surface area contributed by atoms with E-state index in [1.807, 2.05) is 0 Å². The van der Waals surface area contributed by atoms with E-state index < -0.39 is 0 Å². The summed E-state index contributed by atoms with van der Waals surface area (Å²) >= 11 is 0. The molecule has 71 heavy (non-hydrogen) atoms. The third kappa shape index (κ3) is 7.11. The summed E-state index contributed by atoms with van der Waals surface area (Å²) in [4.78, 5) is 0. The van der Waals surface area contributed by atoms with Crippen LogP contribution in [0.2, 0.25) is 0 Å². The maximum absolute atomic E-state index is 2.76. The van der Waals surface area contributed by atoms with Crippen molar-refractivity contribution in [1.82, 2.24) is 9.05 Å². The van der Waals surface area contributed by atoms with Crippen LogP contribution in [-0.2, 0) is 27.1 Å². The van der Waals surface area contributed by atoms with Crippen molar-refractivity contribution in [1.29, 1.82) is 0 Å². The zero-order valence-corrected chi connectivity index (χ0v) is 44.8. The van der Waals surface area contributed by atoms with Gasteiger partial charge in [-0.05, 0) is 159 Å². The third-order valence-corrected chi connectivity index (χ3v) is 16.3. The molecule has 0 N–H and O–H groups in total. The quantitative estimate of drug-likeness (QED) is 0.156. The first-order valence-corrected chi connectivity index (χ1v) is 26.1. The Morgan fingerprint density at radius 1 is 0.310 bits per heavy atom. The minimum Gasteiger partial charge on any atom is -0.375 e. The highest BCUT2D eigenvalue weighted by Gasteiger charge is 2.43. The van der Waals surface area contributed by atoms with E-state index in [4.69, 9.17) is 0 Å². The molecule has 0 fully saturated rings. The van der Waals surface area contributed by atoms with Crippen LogP contribution in [0.1, 0.15) is 132 Å². The zero-order chi connectivity index (χ0) is 50.1. The Morgan fingerprint density at radius 2 is 0.732 bits per heavy atom. The predicted molar refractivity (Wildman–Crippen MR) is 309 cm³/mol. The Balaban J connectivity index is 1.23. The molecule has 0 unspecified atom stereocenters. The Morgan fingerprint density at radius 3 is 1.27 bits per heavy atom. The molecule has 4 heterocycles. The number of nitrogens with zero attached hydrogens (tertiary/aromatic N) is 2. The van der Waals surface area contributed by atoms with Gasteiger partial charge in [0, 0.05) is 43.8 Å². The monoisotopic (exact) mass is 925 g/mol. The largest absolute Gasteiger partial charge is 0.375 e. The first-order chi connectivity index (χ1) is 33.3. The predicted octanol–water partition coefficient (Wildman–Crippen LogP) is 17.3. The second kappa shape index (κ2) is 15.0. The van der Waals surface area contributed by atoms with Gasteiger partial charge in [0.1, 0.15) is 0 Å². The van der Waals surface area contributed by atoms with Crippen molar-refractivity contribution in [3.8, 4) is 50.2 Å². The highest BCUT2D eigenvalue weighted by Crippen LogP contribution is 2.48. The molecule has 2 nitrogen and oxygen atoms in total. The van der Waals surface area contributed by atoms with Gasteiger partial charge in [-0.25, -0.2) is 0 Å². The highest BCUT2D eigenvalue weighted by molar-refractivity contribution is 6.90. The lowest BCUT2D eigenvalue weighted by Crippen LogP contribution is -2.55. The summed E-state index contributed by atoms with van der Waals surface area (Å²) in [5, 5.41) is 5.26. The van der Waals surface area contributed by atoms with Crippen molar-refractivity contribution in [2.24, 2.45) is 0 Å². The van der Waals surface area contributed by atoms with Crippen LogP contribution in [0.5, 0.6) is 0 Å². The maximum Gasteiger partial charge on any atom is 0.333 e. The summed E-state index contributed by atoms with van der Waals surface area (Å²) in [6.45, 7) is 34.8. The van der Waals surface area contributed by atoms with Gasteiger partial charge in [0.25, 0.3) is 0 Å². The van der Waals surface area contributed by atoms with Gasteiger partial charge < -0.3 is 9.05 Å². The van der Waals surface area contributed by atoms with Crippen molar-refractivity contribution in [3.63, 3.8) is 0 Å². The minimum atomic E-state index is -0.0664. The molecular weight excluding hydrogens is 856 g/mol. The molecule has 354 valence electrons. The smallest absolute Gasteiger partial charge is 0.333 e. The van der Waals surface area contributed by atoms with Crippen LogP contribution < -0.4 is 10.9 Å². The third-order valence-electron chi connectivity index (χ3n) is 16.3. The molecule has 0 saturated heterocycles. The second-order valence-corrected chi connectivity index (χ2v) is 26.4. The van der Waals surface area contributed by atoms with Gasteiger partial charge in [-0.1, -0.05) is 195 Å². The van der Waals surface area contributed by atoms with E-state index in [2.05, 4.69) is 258 Å². The molecule has 2 aliphatic heterocycles. The molecule has 0 radical (unpaired) electrons. The summed E-state index contributed by atoms with van der Waals surface area (Å²) in [6, 6.07) is 57.9. The van der Waals surface area contributed by atoms with Crippen molar-refractivity contribution < 1.29 is 0 Å². The molecule has 12 rings (SSSR count). The van der Waals surface area contributed by atoms with Gasteiger partial charge in [0.15, 0.2) is 0 Å². The van der Waals surface area contributed by atoms with E-state index in [1.54, 1.807) is 0 Å². The standard InChI is InChI=1S/C68H69BN2/c1-64(2,3)46-23-16-40(17-24-46)43-22-30-58-51(32-43)54-34-44(41-18-25-47(26-19-41)65(4,5)6)35-57-63(54)70(58)60-36-45(42-20-27-48(28-21-42)66(7,8)9)33-53-56-39-50(68(13,14)15)38-55-52-37-49(67(10,11)12)29-31-59(52)71(62(55)56)69(57)61(53)60/h16-39H,1-15H3. The Hall–Kier alpha value is -6.58. The molecule has 0 aliphatic carbocycles. The van der Waals surface area contributed by atoms with Gasteiger partial charge in [-0.15, -0.1) is 0 Å². The van der Waals surface area contributed by atoms with Crippen LogP contribution in [-0.4, -0.2) is 15.9 Å². The number of benzene rings is 8. The zero-order valence-electron chi connectivity index (χ0n) is 44.8. The van der Waals surface area contributed by atoms with Gasteiger partial charge in [-0.2, -0.15) is 0 Å². The van der Waals surface area contributed by atoms with Crippen LogP contribution in [0.25, 0.3) is 93.8 Å². The van der Waals surface area contributed by atoms with Crippen molar-refractivity contribution in [2.45, 2.75) is 131 Å². The number of hydrogen-bond acceptors (Lipinski definition) is 0. The average Bonchev–Trinajstić information content (AvgIpc) is 3.82. The molecular formula is C68H69BN2. The number of rotatable bonds is 3. The second-order valence-electron chi connectivity index (χ2n) is 26.4. The van der Waals surface area contributed by atoms with Crippen LogP contribution >= 0.6 is 0 Å². The van der Waals surface area contributed by atoms with Crippen LogP contribution in [0, 0.1) is 0 Å². The summed E-state index contributed by atoms with van der Waals surface area (Å²) in [5.41, 5.74) is 26.2. The molecule has 3 heteroatoms. The first-order valence-electron chi connectivity index (χ1n) is 26.1. The Labute approximate surface area is 422 Å². The molecule has 2 aromatic heterocycles. The van der Waals surface area contributed by atoms with E-state index in [0.29, 0.717) is 0 Å². The number of aromatic nitrogens is 2. The van der Waals surface area contributed by atoms with Gasteiger partial charge in [0.2, 0.25) is 0 Å². The lowest BCUT2D eigenvalue weighted by Gasteiger charge is -2.35. The van der Waals surface area contributed by atoms with Crippen molar-refractivity contribution in [2.75, 3.05) is 0 Å². The Kier molecular flexibility index (Phi) is 9.62. The van der Waals surface area contributed by atoms with E-state index in [-0.39, 0.29) is 33.9 Å². The molecule has 0 amide bonds. The van der Waals surface area contributed by atoms with Crippen LogP contribution in [0.15, 0.2) is 146 Å². The number of fused-ring (bicyclic) bond motifs is 10. The van der Waals surface area contributed by atoms with E-state index in [1.165, 1.54) is 133 Å². The fraction of sp³-hybridized carbons (Fsp3) is 0.294. The topological polar surface area (TPSA) is 9.86 Å². The summed E-state index contributed by atoms with van der Waals surface area (Å²) < 4.78 is 5.41. The van der Waals surface area contributed by atoms with Crippen LogP contribution in [0.3, 0.4) is 0 Å². The molecule has 0 atom stereocenters. The summed E-state index contributed by atoms with van der Waals surface area (Å²) in [5.74, 6) is 0. The van der Waals surface area contributed by atoms with Crippen molar-refractivity contribution in [3.05, 3.63) is 173 Å². The normalized spacial score (nSPS) is 13.8. The molecule has 2 aliphatic rings. The maximum atomic E-state index is 2.76. The molecule has 0 saturated carbocycles. The molecule has 10 aromatic rings. The van der Waals surface area contributed by atoms with Crippen LogP contribution in [0.4, 0.5) is 0 Å². The lowest BCUT2D eigenvalue weighted by molar-refractivity contribution is 0.590. The SMILES string of the molecule is CC(C)(C)c1ccc(-c2cc3c4c(c2)-n2c5ccc(-c6ccc(C(C)(C)C)cc6)cc5c5cc(-c6ccc(C(C)(C)C)cc6)cc(c52)B4n2c4ccc(C(C)(C)C)cc4c4cc(C(C)(C)C)cc-3c42)cc1. The molecule has 0 spiro atoms. The van der Waals surface area contributed by atoms with E-state index in [0.717, 1.165) is 0 Å². The first kappa shape index (κ1) is 45.6. The molecule has 0 bridgehead atoms. The van der Waals surface area contributed by atoms with E-state index in [9.17, 15) is 0 Å². The molecule has 8 aromatic carbocycles. The van der Waals surface area contributed by atoms with Gasteiger partial charge in [-0.3, -0.25) is 0 Å². The van der Waals surface area contributed by atoms with Gasteiger partial charge >= 0.3 is 6.85 Å². The summed E-state index contributed by atoms with van der Waals surface area (Å²) in [6.07, 6.45) is 0. The minimum absolute atomic E-state index is 0.00310. The fourth-order valence-corrected chi connectivity index (χ4v) is 12.0. The Bertz CT molecular complexity index is 3840. The summed E-state index contributed by atoms with van der Waals surface area (Å²) in [7, 11) is 0. The number of hydrogen-bond donors (Lipinski definition) is 0. The highest BCUT2D eigenvalue weighted by atomic mass is 15.0. The van der Waals surface area contributed by atoms with E-state index >= 15 is 0 Å². The van der Waals surface area contributed by atoms with Crippen molar-refractivity contribution >= 4 is 61.4 Å².